The lowest BCUT2D eigenvalue weighted by Crippen LogP contribution is -2.54. The van der Waals surface area contributed by atoms with Crippen LogP contribution in [-0.2, 0) is 10.2 Å². The second-order valence-electron chi connectivity index (χ2n) is 10.5. The number of nitrogens with zero attached hydrogens (tertiary/aromatic N) is 1. The molecule has 6 heteroatoms. The number of amides is 1. The first kappa shape index (κ1) is 26.3. The zero-order valence-corrected chi connectivity index (χ0v) is 22.3. The highest BCUT2D eigenvalue weighted by atomic mass is 16.5. The molecule has 0 saturated carbocycles. The minimum Gasteiger partial charge on any atom is -0.493 e. The molecule has 1 amide bonds. The molecule has 0 bridgehead atoms. The normalized spacial score (nSPS) is 20.1. The average Bonchev–Trinajstić information content (AvgIpc) is 3.19. The minimum absolute atomic E-state index is 0.198. The van der Waals surface area contributed by atoms with E-state index in [0.29, 0.717) is 5.75 Å². The lowest BCUT2D eigenvalue weighted by Gasteiger charge is -2.39. The summed E-state index contributed by atoms with van der Waals surface area (Å²) in [6.07, 6.45) is 12.9. The first-order valence-electron chi connectivity index (χ1n) is 13.8. The van der Waals surface area contributed by atoms with E-state index in [9.17, 15) is 4.79 Å². The number of piperidine rings is 2. The Morgan fingerprint density at radius 3 is 2.47 bits per heavy atom. The highest BCUT2D eigenvalue weighted by Gasteiger charge is 2.42. The zero-order valence-electron chi connectivity index (χ0n) is 22.3. The molecule has 200 valence electrons. The van der Waals surface area contributed by atoms with Gasteiger partial charge in [-0.1, -0.05) is 54.6 Å². The lowest BCUT2D eigenvalue weighted by atomic mass is 9.72. The third-order valence-corrected chi connectivity index (χ3v) is 7.99. The summed E-state index contributed by atoms with van der Waals surface area (Å²) in [4.78, 5) is 16.2. The first-order chi connectivity index (χ1) is 18.7. The van der Waals surface area contributed by atoms with Gasteiger partial charge in [0.1, 0.15) is 5.76 Å². The summed E-state index contributed by atoms with van der Waals surface area (Å²) in [5.74, 6) is 2.45. The predicted molar refractivity (Wildman–Crippen MR) is 151 cm³/mol. The van der Waals surface area contributed by atoms with Gasteiger partial charge < -0.3 is 20.1 Å². The van der Waals surface area contributed by atoms with Gasteiger partial charge in [-0.25, -0.2) is 0 Å². The minimum atomic E-state index is -0.425. The SMILES string of the molecule is COc1ccccc1OC1=CC=CCC(CN2CCC(NC(=O)C3(c4ccccc4)CCNCC3)CC2)=C1. The molecule has 2 aliphatic heterocycles. The Balaban J connectivity index is 1.17. The second kappa shape index (κ2) is 12.5. The molecule has 0 aromatic heterocycles. The number of methoxy groups -OCH3 is 1. The molecule has 0 atom stereocenters. The van der Waals surface area contributed by atoms with Gasteiger partial charge in [-0.3, -0.25) is 9.69 Å². The topological polar surface area (TPSA) is 62.8 Å². The third kappa shape index (κ3) is 6.20. The van der Waals surface area contributed by atoms with E-state index in [4.69, 9.17) is 9.47 Å². The van der Waals surface area contributed by atoms with E-state index < -0.39 is 5.41 Å². The largest absolute Gasteiger partial charge is 0.493 e. The number of carbonyl (C=O) groups excluding carboxylic acids is 1. The fraction of sp³-hybridized carbons (Fsp3) is 0.406. The van der Waals surface area contributed by atoms with Crippen LogP contribution in [0, 0.1) is 0 Å². The van der Waals surface area contributed by atoms with Crippen molar-refractivity contribution in [2.45, 2.75) is 43.6 Å². The van der Waals surface area contributed by atoms with Crippen LogP contribution in [0.3, 0.4) is 0 Å². The van der Waals surface area contributed by atoms with Crippen LogP contribution in [0.25, 0.3) is 0 Å². The Hall–Kier alpha value is -3.35. The number of rotatable bonds is 8. The number of likely N-dealkylation sites (tertiary alicyclic amines) is 1. The Labute approximate surface area is 226 Å². The maximum absolute atomic E-state index is 13.7. The molecule has 2 N–H and O–H groups in total. The van der Waals surface area contributed by atoms with Crippen molar-refractivity contribution in [2.24, 2.45) is 0 Å². The Bertz CT molecular complexity index is 1170. The van der Waals surface area contributed by atoms with Crippen LogP contribution >= 0.6 is 0 Å². The second-order valence-corrected chi connectivity index (χ2v) is 10.5. The van der Waals surface area contributed by atoms with Crippen molar-refractivity contribution in [2.75, 3.05) is 39.8 Å². The molecular formula is C32H39N3O3. The van der Waals surface area contributed by atoms with Crippen LogP contribution in [0.15, 0.2) is 90.2 Å². The summed E-state index contributed by atoms with van der Waals surface area (Å²) in [5, 5.41) is 6.87. The van der Waals surface area contributed by atoms with E-state index in [1.54, 1.807) is 7.11 Å². The molecule has 2 heterocycles. The van der Waals surface area contributed by atoms with Crippen molar-refractivity contribution in [1.82, 2.24) is 15.5 Å². The summed E-state index contributed by atoms with van der Waals surface area (Å²) in [7, 11) is 1.66. The number of allylic oxidation sites excluding steroid dienone is 4. The maximum atomic E-state index is 13.7. The summed E-state index contributed by atoms with van der Waals surface area (Å²) >= 11 is 0. The summed E-state index contributed by atoms with van der Waals surface area (Å²) in [5.41, 5.74) is 2.04. The van der Waals surface area contributed by atoms with Gasteiger partial charge >= 0.3 is 0 Å². The van der Waals surface area contributed by atoms with Gasteiger partial charge in [0.05, 0.1) is 12.5 Å². The number of benzene rings is 2. The van der Waals surface area contributed by atoms with Crippen LogP contribution in [-0.4, -0.2) is 56.7 Å². The molecule has 0 radical (unpaired) electrons. The first-order valence-corrected chi connectivity index (χ1v) is 13.8. The molecule has 2 aromatic rings. The lowest BCUT2D eigenvalue weighted by molar-refractivity contribution is -0.128. The average molecular weight is 514 g/mol. The van der Waals surface area contributed by atoms with Crippen LogP contribution in [0.1, 0.15) is 37.7 Å². The highest BCUT2D eigenvalue weighted by Crippen LogP contribution is 2.34. The molecular weight excluding hydrogens is 474 g/mol. The van der Waals surface area contributed by atoms with E-state index in [2.05, 4.69) is 45.9 Å². The Morgan fingerprint density at radius 1 is 1.03 bits per heavy atom. The van der Waals surface area contributed by atoms with Gasteiger partial charge in [0.2, 0.25) is 5.91 Å². The molecule has 1 aliphatic carbocycles. The molecule has 2 saturated heterocycles. The molecule has 6 nitrogen and oxygen atoms in total. The van der Waals surface area contributed by atoms with Gasteiger partial charge in [0.15, 0.2) is 11.5 Å². The molecule has 2 aromatic carbocycles. The molecule has 0 unspecified atom stereocenters. The quantitative estimate of drug-likeness (QED) is 0.534. The van der Waals surface area contributed by atoms with Gasteiger partial charge in [-0.05, 0) is 80.6 Å². The molecule has 5 rings (SSSR count). The van der Waals surface area contributed by atoms with Crippen LogP contribution < -0.4 is 20.1 Å². The molecule has 0 spiro atoms. The Kier molecular flexibility index (Phi) is 8.61. The highest BCUT2D eigenvalue weighted by molar-refractivity contribution is 5.88. The van der Waals surface area contributed by atoms with Crippen molar-refractivity contribution in [3.63, 3.8) is 0 Å². The number of carbonyl (C=O) groups is 1. The summed E-state index contributed by atoms with van der Waals surface area (Å²) < 4.78 is 11.6. The van der Waals surface area contributed by atoms with E-state index in [1.165, 1.54) is 5.57 Å². The molecule has 2 fully saturated rings. The van der Waals surface area contributed by atoms with Crippen LogP contribution in [0.4, 0.5) is 0 Å². The maximum Gasteiger partial charge on any atom is 0.230 e. The summed E-state index contributed by atoms with van der Waals surface area (Å²) in [6, 6.07) is 18.3. The number of hydrogen-bond acceptors (Lipinski definition) is 5. The van der Waals surface area contributed by atoms with E-state index >= 15 is 0 Å². The zero-order chi connectivity index (χ0) is 26.2. The van der Waals surface area contributed by atoms with Crippen molar-refractivity contribution >= 4 is 5.91 Å². The van der Waals surface area contributed by atoms with Gasteiger partial charge in [-0.15, -0.1) is 0 Å². The van der Waals surface area contributed by atoms with E-state index in [1.807, 2.05) is 48.5 Å². The van der Waals surface area contributed by atoms with Crippen molar-refractivity contribution < 1.29 is 14.3 Å². The van der Waals surface area contributed by atoms with Gasteiger partial charge in [0, 0.05) is 25.7 Å². The number of para-hydroxylation sites is 2. The van der Waals surface area contributed by atoms with Crippen molar-refractivity contribution in [3.8, 4) is 11.5 Å². The van der Waals surface area contributed by atoms with Crippen LogP contribution in [0.2, 0.25) is 0 Å². The van der Waals surface area contributed by atoms with Crippen molar-refractivity contribution in [1.29, 1.82) is 0 Å². The van der Waals surface area contributed by atoms with E-state index in [-0.39, 0.29) is 11.9 Å². The molecule has 3 aliphatic rings. The smallest absolute Gasteiger partial charge is 0.230 e. The number of nitrogens with one attached hydrogen (secondary N) is 2. The number of ether oxygens (including phenoxy) is 2. The fourth-order valence-corrected chi connectivity index (χ4v) is 5.80. The monoisotopic (exact) mass is 513 g/mol. The fourth-order valence-electron chi connectivity index (χ4n) is 5.80. The number of hydrogen-bond donors (Lipinski definition) is 2. The molecule has 38 heavy (non-hydrogen) atoms. The predicted octanol–water partition coefficient (Wildman–Crippen LogP) is 4.75. The van der Waals surface area contributed by atoms with Crippen LogP contribution in [0.5, 0.6) is 11.5 Å². The van der Waals surface area contributed by atoms with E-state index in [0.717, 1.165) is 81.9 Å². The Morgan fingerprint density at radius 2 is 1.74 bits per heavy atom. The summed E-state index contributed by atoms with van der Waals surface area (Å²) in [6.45, 7) is 4.59. The van der Waals surface area contributed by atoms with Gasteiger partial charge in [0.25, 0.3) is 0 Å². The standard InChI is InChI=1S/C32H39N3O3/c1-37-29-13-7-8-14-30(29)38-28-12-6-5-9-25(23-28)24-35-21-15-27(16-22-35)34-31(36)32(17-19-33-20-18-32)26-10-3-2-4-11-26/h2-8,10-14,23,27,33H,9,15-22,24H2,1H3,(H,34,36). The van der Waals surface area contributed by atoms with Crippen molar-refractivity contribution in [3.05, 3.63) is 95.8 Å². The van der Waals surface area contributed by atoms with Gasteiger partial charge in [-0.2, -0.15) is 0 Å². The third-order valence-electron chi connectivity index (χ3n) is 7.99.